The maximum atomic E-state index is 11.6. The van der Waals surface area contributed by atoms with Crippen molar-refractivity contribution in [2.75, 3.05) is 7.11 Å². The standard InChI is InChI=1S/C12H17NO2/c1-8(2)11(12(14)15-4)10-6-5-9(3)13-7-10/h5-8,11H,1-4H3. The number of carbonyl (C=O) groups excluding carboxylic acids is 1. The second-order valence-corrected chi connectivity index (χ2v) is 3.98. The first kappa shape index (κ1) is 11.7. The Kier molecular flexibility index (Phi) is 3.83. The average Bonchev–Trinajstić information content (AvgIpc) is 2.20. The highest BCUT2D eigenvalue weighted by Crippen LogP contribution is 2.25. The molecule has 15 heavy (non-hydrogen) atoms. The molecule has 3 heteroatoms. The molecule has 0 aromatic carbocycles. The maximum absolute atomic E-state index is 11.6. The van der Waals surface area contributed by atoms with Gasteiger partial charge >= 0.3 is 5.97 Å². The molecular weight excluding hydrogens is 190 g/mol. The van der Waals surface area contributed by atoms with Gasteiger partial charge in [0.05, 0.1) is 13.0 Å². The third-order valence-electron chi connectivity index (χ3n) is 2.42. The summed E-state index contributed by atoms with van der Waals surface area (Å²) in [6, 6.07) is 3.84. The Morgan fingerprint density at radius 1 is 1.40 bits per heavy atom. The molecule has 0 N–H and O–H groups in total. The number of esters is 1. The lowest BCUT2D eigenvalue weighted by molar-refractivity contribution is -0.143. The molecule has 1 heterocycles. The van der Waals surface area contributed by atoms with E-state index in [2.05, 4.69) is 4.98 Å². The minimum absolute atomic E-state index is 0.198. The predicted molar refractivity (Wildman–Crippen MR) is 58.6 cm³/mol. The van der Waals surface area contributed by atoms with Gasteiger partial charge in [-0.3, -0.25) is 9.78 Å². The summed E-state index contributed by atoms with van der Waals surface area (Å²) < 4.78 is 4.79. The van der Waals surface area contributed by atoms with Gasteiger partial charge in [-0.05, 0) is 24.5 Å². The minimum atomic E-state index is -0.219. The Morgan fingerprint density at radius 3 is 2.47 bits per heavy atom. The van der Waals surface area contributed by atoms with Crippen LogP contribution in [0.25, 0.3) is 0 Å². The van der Waals surface area contributed by atoms with Crippen molar-refractivity contribution >= 4 is 5.97 Å². The highest BCUT2D eigenvalue weighted by Gasteiger charge is 2.24. The molecule has 1 atom stereocenters. The first-order valence-corrected chi connectivity index (χ1v) is 5.06. The zero-order chi connectivity index (χ0) is 11.4. The van der Waals surface area contributed by atoms with E-state index in [9.17, 15) is 4.79 Å². The fourth-order valence-corrected chi connectivity index (χ4v) is 1.58. The second-order valence-electron chi connectivity index (χ2n) is 3.98. The van der Waals surface area contributed by atoms with E-state index in [1.54, 1.807) is 6.20 Å². The number of aromatic nitrogens is 1. The molecule has 0 radical (unpaired) electrons. The second kappa shape index (κ2) is 4.91. The lowest BCUT2D eigenvalue weighted by Gasteiger charge is -2.18. The lowest BCUT2D eigenvalue weighted by Crippen LogP contribution is -2.19. The number of carbonyl (C=O) groups is 1. The normalized spacial score (nSPS) is 12.6. The molecule has 0 spiro atoms. The molecule has 0 saturated heterocycles. The Hall–Kier alpha value is -1.38. The van der Waals surface area contributed by atoms with E-state index in [0.29, 0.717) is 0 Å². The molecule has 1 unspecified atom stereocenters. The highest BCUT2D eigenvalue weighted by molar-refractivity contribution is 5.78. The van der Waals surface area contributed by atoms with E-state index in [-0.39, 0.29) is 17.8 Å². The predicted octanol–water partition coefficient (Wildman–Crippen LogP) is 2.30. The number of methoxy groups -OCH3 is 1. The summed E-state index contributed by atoms with van der Waals surface area (Å²) in [7, 11) is 1.42. The summed E-state index contributed by atoms with van der Waals surface area (Å²) in [5.74, 6) is -0.208. The van der Waals surface area contributed by atoms with E-state index < -0.39 is 0 Å². The first-order chi connectivity index (χ1) is 7.06. The molecule has 0 saturated carbocycles. The largest absolute Gasteiger partial charge is 0.469 e. The number of hydrogen-bond acceptors (Lipinski definition) is 3. The number of rotatable bonds is 3. The van der Waals surface area contributed by atoms with Crippen LogP contribution in [0.15, 0.2) is 18.3 Å². The van der Waals surface area contributed by atoms with Gasteiger partial charge in [-0.1, -0.05) is 19.9 Å². The molecule has 0 aliphatic rings. The summed E-state index contributed by atoms with van der Waals surface area (Å²) in [5.41, 5.74) is 1.87. The van der Waals surface area contributed by atoms with E-state index in [1.165, 1.54) is 7.11 Å². The summed E-state index contributed by atoms with van der Waals surface area (Å²) in [5, 5.41) is 0. The molecule has 0 bridgehead atoms. The Labute approximate surface area is 90.5 Å². The average molecular weight is 207 g/mol. The van der Waals surface area contributed by atoms with Crippen molar-refractivity contribution in [3.05, 3.63) is 29.6 Å². The number of hydrogen-bond donors (Lipinski definition) is 0. The van der Waals surface area contributed by atoms with Gasteiger partial charge in [-0.2, -0.15) is 0 Å². The van der Waals surface area contributed by atoms with E-state index in [4.69, 9.17) is 4.74 Å². The van der Waals surface area contributed by atoms with Crippen molar-refractivity contribution in [2.24, 2.45) is 5.92 Å². The highest BCUT2D eigenvalue weighted by atomic mass is 16.5. The number of pyridine rings is 1. The van der Waals surface area contributed by atoms with Gasteiger partial charge in [-0.15, -0.1) is 0 Å². The summed E-state index contributed by atoms with van der Waals surface area (Å²) in [6.07, 6.45) is 1.75. The van der Waals surface area contributed by atoms with Crippen molar-refractivity contribution in [3.8, 4) is 0 Å². The molecular formula is C12H17NO2. The van der Waals surface area contributed by atoms with Crippen LogP contribution in [-0.4, -0.2) is 18.1 Å². The first-order valence-electron chi connectivity index (χ1n) is 5.06. The molecule has 1 aromatic rings. The quantitative estimate of drug-likeness (QED) is 0.714. The molecule has 0 amide bonds. The van der Waals surface area contributed by atoms with Crippen LogP contribution in [0.2, 0.25) is 0 Å². The summed E-state index contributed by atoms with van der Waals surface area (Å²) in [6.45, 7) is 5.93. The molecule has 0 aliphatic heterocycles. The van der Waals surface area contributed by atoms with Crippen molar-refractivity contribution in [1.82, 2.24) is 4.98 Å². The molecule has 3 nitrogen and oxygen atoms in total. The van der Waals surface area contributed by atoms with Crippen LogP contribution in [-0.2, 0) is 9.53 Å². The van der Waals surface area contributed by atoms with Crippen LogP contribution in [0.4, 0.5) is 0 Å². The summed E-state index contributed by atoms with van der Waals surface area (Å²) in [4.78, 5) is 15.8. The zero-order valence-corrected chi connectivity index (χ0v) is 9.65. The minimum Gasteiger partial charge on any atom is -0.469 e. The van der Waals surface area contributed by atoms with E-state index in [0.717, 1.165) is 11.3 Å². The van der Waals surface area contributed by atoms with Crippen LogP contribution in [0.1, 0.15) is 31.0 Å². The van der Waals surface area contributed by atoms with Crippen molar-refractivity contribution < 1.29 is 9.53 Å². The van der Waals surface area contributed by atoms with E-state index in [1.807, 2.05) is 32.9 Å². The van der Waals surface area contributed by atoms with E-state index >= 15 is 0 Å². The fraction of sp³-hybridized carbons (Fsp3) is 0.500. The van der Waals surface area contributed by atoms with Crippen molar-refractivity contribution in [1.29, 1.82) is 0 Å². The fourth-order valence-electron chi connectivity index (χ4n) is 1.58. The molecule has 1 rings (SSSR count). The number of ether oxygens (including phenoxy) is 1. The maximum Gasteiger partial charge on any atom is 0.313 e. The van der Waals surface area contributed by atoms with Gasteiger partial charge in [0.1, 0.15) is 0 Å². The molecule has 82 valence electrons. The zero-order valence-electron chi connectivity index (χ0n) is 9.65. The van der Waals surface area contributed by atoms with Crippen LogP contribution < -0.4 is 0 Å². The number of aryl methyl sites for hydroxylation is 1. The summed E-state index contributed by atoms with van der Waals surface area (Å²) >= 11 is 0. The van der Waals surface area contributed by atoms with Crippen molar-refractivity contribution in [3.63, 3.8) is 0 Å². The van der Waals surface area contributed by atoms with Gasteiger partial charge in [0.2, 0.25) is 0 Å². The van der Waals surface area contributed by atoms with Crippen LogP contribution in [0, 0.1) is 12.8 Å². The van der Waals surface area contributed by atoms with Gasteiger partial charge in [0.25, 0.3) is 0 Å². The van der Waals surface area contributed by atoms with Crippen LogP contribution in [0.5, 0.6) is 0 Å². The van der Waals surface area contributed by atoms with Crippen molar-refractivity contribution in [2.45, 2.75) is 26.7 Å². The third kappa shape index (κ3) is 2.78. The monoisotopic (exact) mass is 207 g/mol. The van der Waals surface area contributed by atoms with Gasteiger partial charge in [0.15, 0.2) is 0 Å². The molecule has 1 aromatic heterocycles. The van der Waals surface area contributed by atoms with Gasteiger partial charge < -0.3 is 4.74 Å². The smallest absolute Gasteiger partial charge is 0.313 e. The SMILES string of the molecule is COC(=O)C(c1ccc(C)nc1)C(C)C. The third-order valence-corrected chi connectivity index (χ3v) is 2.42. The Morgan fingerprint density at radius 2 is 2.07 bits per heavy atom. The molecule has 0 fully saturated rings. The van der Waals surface area contributed by atoms with Crippen LogP contribution >= 0.6 is 0 Å². The van der Waals surface area contributed by atoms with Gasteiger partial charge in [-0.25, -0.2) is 0 Å². The Balaban J connectivity index is 2.99. The van der Waals surface area contributed by atoms with Crippen LogP contribution in [0.3, 0.4) is 0 Å². The Bertz CT molecular complexity index is 330. The topological polar surface area (TPSA) is 39.2 Å². The molecule has 0 aliphatic carbocycles. The lowest BCUT2D eigenvalue weighted by atomic mass is 9.89. The van der Waals surface area contributed by atoms with Gasteiger partial charge in [0, 0.05) is 11.9 Å². The number of nitrogens with zero attached hydrogens (tertiary/aromatic N) is 1.